The summed E-state index contributed by atoms with van der Waals surface area (Å²) in [7, 11) is 0. The number of tetrazole rings is 1. The molecule has 122 valence electrons. The van der Waals surface area contributed by atoms with Crippen LogP contribution in [0.15, 0.2) is 67.0 Å². The van der Waals surface area contributed by atoms with Gasteiger partial charge in [0.1, 0.15) is 6.33 Å². The largest absolute Gasteiger partial charge is 0.394 e. The fourth-order valence-corrected chi connectivity index (χ4v) is 2.52. The summed E-state index contributed by atoms with van der Waals surface area (Å²) < 4.78 is 1.39. The molecule has 3 rings (SSSR count). The molecule has 0 saturated heterocycles. The standard InChI is InChI=1S/C17H17N5O2/c23-11-15(13-7-3-1-4-8-13)19-17(24)16(22-12-18-20-21-22)14-9-5-2-6-10-14/h1-10,12,15-16,23H,11H2,(H,19,24)/t15-,16-/m1/s1. The third kappa shape index (κ3) is 3.47. The van der Waals surface area contributed by atoms with E-state index in [4.69, 9.17) is 0 Å². The minimum absolute atomic E-state index is 0.202. The van der Waals surface area contributed by atoms with E-state index in [9.17, 15) is 9.90 Å². The van der Waals surface area contributed by atoms with Crippen molar-refractivity contribution in [3.8, 4) is 0 Å². The third-order valence-corrected chi connectivity index (χ3v) is 3.69. The maximum Gasteiger partial charge on any atom is 0.250 e. The molecule has 1 amide bonds. The first-order chi connectivity index (χ1) is 11.8. The Morgan fingerprint density at radius 2 is 1.67 bits per heavy atom. The van der Waals surface area contributed by atoms with Gasteiger partial charge in [-0.3, -0.25) is 4.79 Å². The Labute approximate surface area is 138 Å². The van der Waals surface area contributed by atoms with Crippen molar-refractivity contribution in [1.82, 2.24) is 25.5 Å². The van der Waals surface area contributed by atoms with Gasteiger partial charge in [0, 0.05) is 0 Å². The Balaban J connectivity index is 1.87. The maximum atomic E-state index is 12.8. The number of aromatic nitrogens is 4. The zero-order chi connectivity index (χ0) is 16.8. The van der Waals surface area contributed by atoms with Gasteiger partial charge in [-0.05, 0) is 21.6 Å². The molecule has 2 N–H and O–H groups in total. The van der Waals surface area contributed by atoms with Crippen LogP contribution in [0.1, 0.15) is 23.2 Å². The molecule has 1 aromatic heterocycles. The van der Waals surface area contributed by atoms with Gasteiger partial charge in [-0.25, -0.2) is 4.68 Å². The van der Waals surface area contributed by atoms with Crippen LogP contribution in [0, 0.1) is 0 Å². The average Bonchev–Trinajstić information content (AvgIpc) is 3.15. The lowest BCUT2D eigenvalue weighted by atomic mass is 10.0. The molecule has 7 nitrogen and oxygen atoms in total. The van der Waals surface area contributed by atoms with Gasteiger partial charge >= 0.3 is 0 Å². The number of benzene rings is 2. The summed E-state index contributed by atoms with van der Waals surface area (Å²) >= 11 is 0. The molecule has 0 bridgehead atoms. The summed E-state index contributed by atoms with van der Waals surface area (Å²) in [6.45, 7) is -0.202. The van der Waals surface area contributed by atoms with Crippen LogP contribution >= 0.6 is 0 Å². The van der Waals surface area contributed by atoms with Gasteiger partial charge in [-0.15, -0.1) is 5.10 Å². The third-order valence-electron chi connectivity index (χ3n) is 3.69. The van der Waals surface area contributed by atoms with E-state index in [-0.39, 0.29) is 12.5 Å². The zero-order valence-electron chi connectivity index (χ0n) is 12.9. The number of aliphatic hydroxyl groups excluding tert-OH is 1. The molecule has 0 fully saturated rings. The number of aliphatic hydroxyl groups is 1. The van der Waals surface area contributed by atoms with Crippen molar-refractivity contribution < 1.29 is 9.90 Å². The van der Waals surface area contributed by atoms with Crippen LogP contribution in [0.25, 0.3) is 0 Å². The highest BCUT2D eigenvalue weighted by Crippen LogP contribution is 2.19. The van der Waals surface area contributed by atoms with Gasteiger partial charge < -0.3 is 10.4 Å². The first-order valence-electron chi connectivity index (χ1n) is 7.53. The van der Waals surface area contributed by atoms with Crippen LogP contribution in [0.5, 0.6) is 0 Å². The van der Waals surface area contributed by atoms with Crippen molar-refractivity contribution in [3.63, 3.8) is 0 Å². The van der Waals surface area contributed by atoms with E-state index in [2.05, 4.69) is 20.8 Å². The summed E-state index contributed by atoms with van der Waals surface area (Å²) in [6.07, 6.45) is 1.40. The Hall–Kier alpha value is -3.06. The molecule has 0 radical (unpaired) electrons. The summed E-state index contributed by atoms with van der Waals surface area (Å²) in [5.74, 6) is -0.295. The lowest BCUT2D eigenvalue weighted by Crippen LogP contribution is -2.37. The summed E-state index contributed by atoms with van der Waals surface area (Å²) in [4.78, 5) is 12.8. The number of carbonyl (C=O) groups is 1. The molecule has 0 aliphatic rings. The quantitative estimate of drug-likeness (QED) is 0.709. The normalized spacial score (nSPS) is 13.2. The van der Waals surface area contributed by atoms with E-state index in [1.807, 2.05) is 60.7 Å². The topological polar surface area (TPSA) is 92.9 Å². The molecular formula is C17H17N5O2. The van der Waals surface area contributed by atoms with Crippen molar-refractivity contribution in [2.45, 2.75) is 12.1 Å². The van der Waals surface area contributed by atoms with Gasteiger partial charge in [-0.2, -0.15) is 0 Å². The van der Waals surface area contributed by atoms with Gasteiger partial charge in [0.15, 0.2) is 6.04 Å². The van der Waals surface area contributed by atoms with Gasteiger partial charge in [0.05, 0.1) is 12.6 Å². The molecule has 3 aromatic rings. The van der Waals surface area contributed by atoms with E-state index >= 15 is 0 Å². The first-order valence-corrected chi connectivity index (χ1v) is 7.53. The fraction of sp³-hybridized carbons (Fsp3) is 0.176. The SMILES string of the molecule is O=C(N[C@H](CO)c1ccccc1)[C@@H](c1ccccc1)n1cnnn1. The lowest BCUT2D eigenvalue weighted by Gasteiger charge is -2.21. The van der Waals surface area contributed by atoms with E-state index in [1.54, 1.807) is 0 Å². The molecule has 24 heavy (non-hydrogen) atoms. The van der Waals surface area contributed by atoms with E-state index < -0.39 is 12.1 Å². The molecule has 7 heteroatoms. The zero-order valence-corrected chi connectivity index (χ0v) is 12.9. The summed E-state index contributed by atoms with van der Waals surface area (Å²) in [5, 5.41) is 23.6. The van der Waals surface area contributed by atoms with Crippen LogP contribution in [-0.4, -0.2) is 37.8 Å². The maximum absolute atomic E-state index is 12.8. The van der Waals surface area contributed by atoms with Crippen molar-refractivity contribution in [2.24, 2.45) is 0 Å². The number of hydrogen-bond acceptors (Lipinski definition) is 5. The van der Waals surface area contributed by atoms with Crippen molar-refractivity contribution >= 4 is 5.91 Å². The average molecular weight is 323 g/mol. The highest BCUT2D eigenvalue weighted by atomic mass is 16.3. The predicted molar refractivity (Wildman–Crippen MR) is 86.8 cm³/mol. The number of hydrogen-bond donors (Lipinski definition) is 2. The minimum Gasteiger partial charge on any atom is -0.394 e. The molecule has 2 atom stereocenters. The number of nitrogens with zero attached hydrogens (tertiary/aromatic N) is 4. The van der Waals surface area contributed by atoms with Gasteiger partial charge in [-0.1, -0.05) is 60.7 Å². The monoisotopic (exact) mass is 323 g/mol. The highest BCUT2D eigenvalue weighted by Gasteiger charge is 2.26. The van der Waals surface area contributed by atoms with Gasteiger partial charge in [0.2, 0.25) is 5.91 Å². The van der Waals surface area contributed by atoms with Crippen molar-refractivity contribution in [1.29, 1.82) is 0 Å². The number of nitrogens with one attached hydrogen (secondary N) is 1. The number of amides is 1. The highest BCUT2D eigenvalue weighted by molar-refractivity contribution is 5.83. The molecule has 0 aliphatic heterocycles. The lowest BCUT2D eigenvalue weighted by molar-refractivity contribution is -0.124. The first kappa shape index (κ1) is 15.8. The summed E-state index contributed by atoms with van der Waals surface area (Å²) in [5.41, 5.74) is 1.59. The van der Waals surface area contributed by atoms with Crippen LogP contribution in [-0.2, 0) is 4.79 Å². The molecule has 0 aliphatic carbocycles. The Kier molecular flexibility index (Phi) is 4.93. The second-order valence-corrected chi connectivity index (χ2v) is 5.26. The minimum atomic E-state index is -0.709. The summed E-state index contributed by atoms with van der Waals surface area (Å²) in [6, 6.07) is 17.4. The van der Waals surface area contributed by atoms with Crippen LogP contribution < -0.4 is 5.32 Å². The molecule has 0 saturated carbocycles. The molecule has 0 spiro atoms. The van der Waals surface area contributed by atoms with E-state index in [0.717, 1.165) is 11.1 Å². The predicted octanol–water partition coefficient (Wildman–Crippen LogP) is 1.11. The Morgan fingerprint density at radius 1 is 1.04 bits per heavy atom. The molecule has 2 aromatic carbocycles. The van der Waals surface area contributed by atoms with E-state index in [1.165, 1.54) is 11.0 Å². The molecule has 0 unspecified atom stereocenters. The van der Waals surface area contributed by atoms with Crippen molar-refractivity contribution in [3.05, 3.63) is 78.1 Å². The second-order valence-electron chi connectivity index (χ2n) is 5.26. The molecule has 1 heterocycles. The smallest absolute Gasteiger partial charge is 0.250 e. The Bertz CT molecular complexity index is 762. The number of rotatable bonds is 6. The van der Waals surface area contributed by atoms with E-state index in [0.29, 0.717) is 0 Å². The van der Waals surface area contributed by atoms with Crippen LogP contribution in [0.3, 0.4) is 0 Å². The second kappa shape index (κ2) is 7.47. The van der Waals surface area contributed by atoms with Gasteiger partial charge in [0.25, 0.3) is 0 Å². The Morgan fingerprint density at radius 3 is 2.21 bits per heavy atom. The van der Waals surface area contributed by atoms with Crippen molar-refractivity contribution in [2.75, 3.05) is 6.61 Å². The fourth-order valence-electron chi connectivity index (χ4n) is 2.52. The number of carbonyl (C=O) groups excluding carboxylic acids is 1. The molecular weight excluding hydrogens is 306 g/mol. The van der Waals surface area contributed by atoms with Crippen LogP contribution in [0.4, 0.5) is 0 Å². The van der Waals surface area contributed by atoms with Crippen LogP contribution in [0.2, 0.25) is 0 Å².